The highest BCUT2D eigenvalue weighted by molar-refractivity contribution is 5.96. The molecule has 0 bridgehead atoms. The quantitative estimate of drug-likeness (QED) is 0.288. The number of amides is 3. The molecule has 0 radical (unpaired) electrons. The number of rotatable bonds is 8. The van der Waals surface area contributed by atoms with Crippen LogP contribution >= 0.6 is 0 Å². The number of urea groups is 1. The van der Waals surface area contributed by atoms with Gasteiger partial charge in [0, 0.05) is 23.7 Å². The Bertz CT molecular complexity index is 1410. The van der Waals surface area contributed by atoms with Crippen molar-refractivity contribution in [2.45, 2.75) is 39.7 Å². The Kier molecular flexibility index (Phi) is 8.34. The Morgan fingerprint density at radius 1 is 0.923 bits per heavy atom. The molecule has 4 rings (SSSR count). The maximum atomic E-state index is 13.4. The second-order valence-electron chi connectivity index (χ2n) is 10.5. The van der Waals surface area contributed by atoms with Gasteiger partial charge in [0.1, 0.15) is 18.1 Å². The topological polar surface area (TPSA) is 88.5 Å². The number of benzene rings is 3. The molecule has 0 atom stereocenters. The number of nitrogens with one attached hydrogen (secondary N) is 2. The van der Waals surface area contributed by atoms with E-state index < -0.39 is 0 Å². The predicted octanol–water partition coefficient (Wildman–Crippen LogP) is 6.16. The molecule has 0 aliphatic rings. The van der Waals surface area contributed by atoms with Gasteiger partial charge in [-0.15, -0.1) is 0 Å². The number of carbonyl (C=O) groups excluding carboxylic acids is 2. The summed E-state index contributed by atoms with van der Waals surface area (Å²) in [7, 11) is 1.59. The van der Waals surface area contributed by atoms with Crippen LogP contribution in [0.5, 0.6) is 5.75 Å². The van der Waals surface area contributed by atoms with E-state index in [1.165, 1.54) is 4.90 Å². The molecule has 8 nitrogen and oxygen atoms in total. The van der Waals surface area contributed by atoms with E-state index in [0.717, 1.165) is 22.5 Å². The van der Waals surface area contributed by atoms with E-state index in [1.807, 2.05) is 67.6 Å². The summed E-state index contributed by atoms with van der Waals surface area (Å²) in [5.74, 6) is 0.905. The molecule has 0 aliphatic carbocycles. The molecule has 1 heterocycles. The fourth-order valence-corrected chi connectivity index (χ4v) is 3.96. The van der Waals surface area contributed by atoms with Gasteiger partial charge in [-0.3, -0.25) is 4.79 Å². The second kappa shape index (κ2) is 11.9. The van der Waals surface area contributed by atoms with Gasteiger partial charge in [-0.1, -0.05) is 68.8 Å². The van der Waals surface area contributed by atoms with Crippen LogP contribution in [0.1, 0.15) is 37.6 Å². The second-order valence-corrected chi connectivity index (χ2v) is 10.5. The molecule has 0 aliphatic heterocycles. The molecular weight excluding hydrogens is 490 g/mol. The van der Waals surface area contributed by atoms with E-state index in [2.05, 4.69) is 31.4 Å². The van der Waals surface area contributed by atoms with Crippen LogP contribution in [0.2, 0.25) is 0 Å². The van der Waals surface area contributed by atoms with Gasteiger partial charge in [0.15, 0.2) is 0 Å². The average molecular weight is 526 g/mol. The van der Waals surface area contributed by atoms with E-state index in [1.54, 1.807) is 36.1 Å². The first kappa shape index (κ1) is 27.4. The molecule has 2 N–H and O–H groups in total. The van der Waals surface area contributed by atoms with Crippen molar-refractivity contribution >= 4 is 23.4 Å². The van der Waals surface area contributed by atoms with Crippen LogP contribution in [0.15, 0.2) is 84.9 Å². The van der Waals surface area contributed by atoms with Gasteiger partial charge in [0.05, 0.1) is 18.5 Å². The average Bonchev–Trinajstić information content (AvgIpc) is 3.34. The summed E-state index contributed by atoms with van der Waals surface area (Å²) in [5, 5.41) is 10.7. The molecule has 1 aromatic heterocycles. The SMILES string of the molecule is COc1ccc(NC(=O)N(CC(=O)Nc2cc(C(C)(C)C)nn2-c2ccc(C)cc2)Cc2ccccc2)cc1. The molecule has 0 saturated carbocycles. The van der Waals surface area contributed by atoms with Crippen LogP contribution in [0.4, 0.5) is 16.3 Å². The zero-order chi connectivity index (χ0) is 28.0. The number of hydrogen-bond donors (Lipinski definition) is 2. The van der Waals surface area contributed by atoms with Crippen molar-refractivity contribution in [3.05, 3.63) is 102 Å². The Morgan fingerprint density at radius 2 is 1.59 bits per heavy atom. The van der Waals surface area contributed by atoms with Gasteiger partial charge < -0.3 is 20.3 Å². The highest BCUT2D eigenvalue weighted by Gasteiger charge is 2.23. The van der Waals surface area contributed by atoms with Crippen molar-refractivity contribution < 1.29 is 14.3 Å². The highest BCUT2D eigenvalue weighted by atomic mass is 16.5. The smallest absolute Gasteiger partial charge is 0.322 e. The number of aryl methyl sites for hydroxylation is 1. The Morgan fingerprint density at radius 3 is 2.21 bits per heavy atom. The summed E-state index contributed by atoms with van der Waals surface area (Å²) in [5.41, 5.74) is 4.11. The minimum atomic E-state index is -0.387. The van der Waals surface area contributed by atoms with Crippen LogP contribution in [0.25, 0.3) is 5.69 Å². The monoisotopic (exact) mass is 525 g/mol. The van der Waals surface area contributed by atoms with Gasteiger partial charge in [-0.25, -0.2) is 9.48 Å². The molecule has 4 aromatic rings. The van der Waals surface area contributed by atoms with E-state index in [9.17, 15) is 9.59 Å². The van der Waals surface area contributed by atoms with Crippen molar-refractivity contribution in [2.75, 3.05) is 24.3 Å². The largest absolute Gasteiger partial charge is 0.497 e. The lowest BCUT2D eigenvalue weighted by molar-refractivity contribution is -0.116. The minimum absolute atomic E-state index is 0.152. The number of nitrogens with zero attached hydrogens (tertiary/aromatic N) is 3. The fourth-order valence-electron chi connectivity index (χ4n) is 3.96. The van der Waals surface area contributed by atoms with Crippen LogP contribution in [0.3, 0.4) is 0 Å². The van der Waals surface area contributed by atoms with Gasteiger partial charge in [0.25, 0.3) is 0 Å². The maximum absolute atomic E-state index is 13.4. The zero-order valence-electron chi connectivity index (χ0n) is 23.1. The third-order valence-corrected chi connectivity index (χ3v) is 6.20. The number of ether oxygens (including phenoxy) is 1. The first-order chi connectivity index (χ1) is 18.6. The molecule has 0 saturated heterocycles. The van der Waals surface area contributed by atoms with Crippen molar-refractivity contribution in [1.82, 2.24) is 14.7 Å². The first-order valence-corrected chi connectivity index (χ1v) is 12.8. The lowest BCUT2D eigenvalue weighted by atomic mass is 9.92. The van der Waals surface area contributed by atoms with E-state index in [0.29, 0.717) is 17.3 Å². The van der Waals surface area contributed by atoms with Crippen molar-refractivity contribution in [3.63, 3.8) is 0 Å². The minimum Gasteiger partial charge on any atom is -0.497 e. The molecule has 0 fully saturated rings. The number of anilines is 2. The normalized spacial score (nSPS) is 11.1. The molecule has 0 unspecified atom stereocenters. The summed E-state index contributed by atoms with van der Waals surface area (Å²) in [4.78, 5) is 28.1. The van der Waals surface area contributed by atoms with Crippen molar-refractivity contribution in [1.29, 1.82) is 0 Å². The summed E-state index contributed by atoms with van der Waals surface area (Å²) >= 11 is 0. The molecule has 39 heavy (non-hydrogen) atoms. The van der Waals surface area contributed by atoms with E-state index in [-0.39, 0.29) is 30.4 Å². The third kappa shape index (κ3) is 7.25. The fraction of sp³-hybridized carbons (Fsp3) is 0.258. The van der Waals surface area contributed by atoms with Gasteiger partial charge in [0.2, 0.25) is 5.91 Å². The molecule has 0 spiro atoms. The summed E-state index contributed by atoms with van der Waals surface area (Å²) in [6, 6.07) is 26.1. The van der Waals surface area contributed by atoms with Gasteiger partial charge >= 0.3 is 6.03 Å². The highest BCUT2D eigenvalue weighted by Crippen LogP contribution is 2.26. The summed E-state index contributed by atoms with van der Waals surface area (Å²) in [6.45, 7) is 8.36. The van der Waals surface area contributed by atoms with Crippen LogP contribution in [0, 0.1) is 6.92 Å². The Balaban J connectivity index is 1.56. The number of methoxy groups -OCH3 is 1. The first-order valence-electron chi connectivity index (χ1n) is 12.8. The van der Waals surface area contributed by atoms with E-state index in [4.69, 9.17) is 9.84 Å². The molecule has 8 heteroatoms. The molecule has 3 aromatic carbocycles. The van der Waals surface area contributed by atoms with Gasteiger partial charge in [-0.05, 0) is 48.9 Å². The lowest BCUT2D eigenvalue weighted by Crippen LogP contribution is -2.40. The van der Waals surface area contributed by atoms with Crippen LogP contribution in [-0.4, -0.2) is 40.3 Å². The number of carbonyl (C=O) groups is 2. The number of aromatic nitrogens is 2. The molecule has 3 amide bonds. The van der Waals surface area contributed by atoms with Crippen LogP contribution in [-0.2, 0) is 16.8 Å². The lowest BCUT2D eigenvalue weighted by Gasteiger charge is -2.23. The van der Waals surface area contributed by atoms with Crippen molar-refractivity contribution in [3.8, 4) is 11.4 Å². The maximum Gasteiger partial charge on any atom is 0.322 e. The summed E-state index contributed by atoms with van der Waals surface area (Å²) in [6.07, 6.45) is 0. The Labute approximate surface area is 229 Å². The molecular formula is C31H35N5O3. The van der Waals surface area contributed by atoms with Crippen molar-refractivity contribution in [2.24, 2.45) is 0 Å². The van der Waals surface area contributed by atoms with E-state index >= 15 is 0 Å². The third-order valence-electron chi connectivity index (χ3n) is 6.20. The standard InChI is InChI=1S/C31H35N5O3/c1-22-11-15-25(16-12-22)36-28(19-27(34-36)31(2,3)4)33-29(37)21-35(20-23-9-7-6-8-10-23)30(38)32-24-13-17-26(39-5)18-14-24/h6-19H,20-21H2,1-5H3,(H,32,38)(H,33,37). The predicted molar refractivity (Wildman–Crippen MR) is 154 cm³/mol. The summed E-state index contributed by atoms with van der Waals surface area (Å²) < 4.78 is 6.93. The van der Waals surface area contributed by atoms with Gasteiger partial charge in [-0.2, -0.15) is 5.10 Å². The number of hydrogen-bond acceptors (Lipinski definition) is 4. The molecule has 202 valence electrons. The Hall–Kier alpha value is -4.59. The van der Waals surface area contributed by atoms with Crippen LogP contribution < -0.4 is 15.4 Å². The zero-order valence-corrected chi connectivity index (χ0v) is 23.1.